The van der Waals surface area contributed by atoms with E-state index in [2.05, 4.69) is 56.7 Å². The Bertz CT molecular complexity index is 1390. The molecule has 0 N–H and O–H groups in total. The molecule has 4 aromatic rings. The van der Waals surface area contributed by atoms with Crippen LogP contribution in [0.5, 0.6) is 17.2 Å². The molecule has 2 aliphatic heterocycles. The Hall–Kier alpha value is -3.29. The molecule has 6 rings (SSSR count). The van der Waals surface area contributed by atoms with Gasteiger partial charge in [0.25, 0.3) is 0 Å². The Labute approximate surface area is 223 Å². The van der Waals surface area contributed by atoms with Crippen LogP contribution in [0.4, 0.5) is 0 Å². The van der Waals surface area contributed by atoms with Gasteiger partial charge in [-0.1, -0.05) is 54.6 Å². The van der Waals surface area contributed by atoms with Crippen LogP contribution >= 0.6 is 27.3 Å². The lowest BCUT2D eigenvalue weighted by Gasteiger charge is -2.38. The lowest BCUT2D eigenvalue weighted by atomic mass is 9.97. The molecule has 0 radical (unpaired) electrons. The first-order valence-corrected chi connectivity index (χ1v) is 13.7. The molecule has 0 unspecified atom stereocenters. The van der Waals surface area contributed by atoms with Gasteiger partial charge in [-0.15, -0.1) is 11.3 Å². The zero-order valence-electron chi connectivity index (χ0n) is 19.8. The van der Waals surface area contributed by atoms with Crippen molar-refractivity contribution in [1.29, 1.82) is 0 Å². The van der Waals surface area contributed by atoms with Gasteiger partial charge in [-0.2, -0.15) is 5.10 Å². The van der Waals surface area contributed by atoms with Crippen LogP contribution in [0.25, 0.3) is 0 Å². The van der Waals surface area contributed by atoms with Gasteiger partial charge in [-0.3, -0.25) is 0 Å². The van der Waals surface area contributed by atoms with Crippen LogP contribution in [0.1, 0.15) is 47.2 Å². The van der Waals surface area contributed by atoms with Crippen molar-refractivity contribution >= 4 is 33.0 Å². The number of hydrogen-bond acceptors (Lipinski definition) is 6. The summed E-state index contributed by atoms with van der Waals surface area (Å²) in [6, 6.07) is 26.8. The van der Waals surface area contributed by atoms with Gasteiger partial charge < -0.3 is 14.2 Å². The summed E-state index contributed by atoms with van der Waals surface area (Å²) in [5.41, 5.74) is 4.30. The van der Waals surface area contributed by atoms with Crippen LogP contribution in [-0.4, -0.2) is 17.3 Å². The van der Waals surface area contributed by atoms with Gasteiger partial charge in [0.05, 0.1) is 27.7 Å². The summed E-state index contributed by atoms with van der Waals surface area (Å²) in [4.78, 5) is 1.20. The Balaban J connectivity index is 1.37. The monoisotopic (exact) mass is 560 g/mol. The van der Waals surface area contributed by atoms with E-state index in [-0.39, 0.29) is 12.3 Å². The second kappa shape index (κ2) is 9.99. The summed E-state index contributed by atoms with van der Waals surface area (Å²) in [5.74, 6) is 2.25. The number of thiophene rings is 1. The number of rotatable bonds is 7. The van der Waals surface area contributed by atoms with E-state index in [4.69, 9.17) is 19.3 Å². The highest BCUT2D eigenvalue weighted by molar-refractivity contribution is 9.10. The second-order valence-corrected chi connectivity index (χ2v) is 10.5. The highest BCUT2D eigenvalue weighted by Gasteiger charge is 2.41. The van der Waals surface area contributed by atoms with Crippen LogP contribution in [0.3, 0.4) is 0 Å². The first kappa shape index (κ1) is 23.1. The van der Waals surface area contributed by atoms with E-state index in [0.717, 1.165) is 39.0 Å². The van der Waals surface area contributed by atoms with Crippen molar-refractivity contribution in [1.82, 2.24) is 5.01 Å². The van der Waals surface area contributed by atoms with Crippen molar-refractivity contribution in [3.8, 4) is 17.2 Å². The van der Waals surface area contributed by atoms with Crippen molar-refractivity contribution in [2.75, 3.05) is 6.61 Å². The largest absolute Gasteiger partial charge is 0.490 e. The fourth-order valence-electron chi connectivity index (χ4n) is 4.71. The topological polar surface area (TPSA) is 43.3 Å². The normalized spacial score (nSPS) is 18.2. The predicted octanol–water partition coefficient (Wildman–Crippen LogP) is 7.73. The molecule has 182 valence electrons. The van der Waals surface area contributed by atoms with Crippen LogP contribution in [0, 0.1) is 0 Å². The minimum absolute atomic E-state index is 0.111. The maximum absolute atomic E-state index is 6.56. The van der Waals surface area contributed by atoms with Gasteiger partial charge in [0, 0.05) is 17.5 Å². The maximum Gasteiger partial charge on any atom is 0.214 e. The Kier molecular flexibility index (Phi) is 6.42. The van der Waals surface area contributed by atoms with E-state index in [9.17, 15) is 0 Å². The fraction of sp³-hybridized carbons (Fsp3) is 0.207. The van der Waals surface area contributed by atoms with Gasteiger partial charge >= 0.3 is 0 Å². The molecule has 0 fully saturated rings. The number of hydrazone groups is 1. The highest BCUT2D eigenvalue weighted by atomic mass is 79.9. The molecule has 3 aromatic carbocycles. The minimum Gasteiger partial charge on any atom is -0.490 e. The molecule has 0 spiro atoms. The van der Waals surface area contributed by atoms with Crippen LogP contribution < -0.4 is 14.2 Å². The van der Waals surface area contributed by atoms with Crippen LogP contribution in [-0.2, 0) is 6.61 Å². The fourth-order valence-corrected chi connectivity index (χ4v) is 6.00. The van der Waals surface area contributed by atoms with E-state index >= 15 is 0 Å². The maximum atomic E-state index is 6.56. The van der Waals surface area contributed by atoms with Gasteiger partial charge in [0.2, 0.25) is 6.23 Å². The van der Waals surface area contributed by atoms with Gasteiger partial charge in [0.1, 0.15) is 12.4 Å². The highest BCUT2D eigenvalue weighted by Crippen LogP contribution is 2.49. The van der Waals surface area contributed by atoms with Gasteiger partial charge in [0.15, 0.2) is 11.5 Å². The van der Waals surface area contributed by atoms with Crippen molar-refractivity contribution in [3.05, 3.63) is 110 Å². The zero-order valence-corrected chi connectivity index (χ0v) is 22.2. The Morgan fingerprint density at radius 1 is 1.03 bits per heavy atom. The van der Waals surface area contributed by atoms with Crippen LogP contribution in [0.2, 0.25) is 0 Å². The van der Waals surface area contributed by atoms with Crippen LogP contribution in [0.15, 0.2) is 93.8 Å². The molecule has 0 aliphatic carbocycles. The molecule has 5 nitrogen and oxygen atoms in total. The van der Waals surface area contributed by atoms with Crippen molar-refractivity contribution in [2.24, 2.45) is 5.10 Å². The van der Waals surface area contributed by atoms with Crippen molar-refractivity contribution < 1.29 is 14.2 Å². The number of benzene rings is 3. The lowest BCUT2D eigenvalue weighted by molar-refractivity contribution is -0.0192. The third kappa shape index (κ3) is 4.38. The molecule has 2 aliphatic rings. The first-order chi connectivity index (χ1) is 17.7. The first-order valence-electron chi connectivity index (χ1n) is 12.0. The summed E-state index contributed by atoms with van der Waals surface area (Å²) < 4.78 is 19.6. The summed E-state index contributed by atoms with van der Waals surface area (Å²) >= 11 is 5.46. The molecule has 0 saturated carbocycles. The molecule has 2 atom stereocenters. The van der Waals surface area contributed by atoms with Crippen molar-refractivity contribution in [3.63, 3.8) is 0 Å². The zero-order chi connectivity index (χ0) is 24.5. The van der Waals surface area contributed by atoms with Gasteiger partial charge in [-0.05, 0) is 58.1 Å². The third-order valence-corrected chi connectivity index (χ3v) is 7.86. The second-order valence-electron chi connectivity index (χ2n) is 8.67. The molecule has 36 heavy (non-hydrogen) atoms. The molecule has 7 heteroatoms. The van der Waals surface area contributed by atoms with E-state index in [1.165, 1.54) is 4.88 Å². The summed E-state index contributed by atoms with van der Waals surface area (Å²) in [5, 5.41) is 9.25. The number of para-hydroxylation sites is 1. The molecule has 0 amide bonds. The number of nitrogens with zero attached hydrogens (tertiary/aromatic N) is 2. The lowest BCUT2D eigenvalue weighted by Crippen LogP contribution is -2.33. The van der Waals surface area contributed by atoms with Crippen molar-refractivity contribution in [2.45, 2.75) is 32.2 Å². The quantitative estimate of drug-likeness (QED) is 0.232. The smallest absolute Gasteiger partial charge is 0.214 e. The standard InChI is InChI=1S/C29H25BrN2O3S/c1-2-33-26-16-20(15-22(30)28(26)34-18-19-9-4-3-5-10-19)29-32-24(21-11-6-7-12-25(21)35-29)17-23(31-32)27-13-8-14-36-27/h3-16,24,29H,2,17-18H2,1H3/t24-,29+/m1/s1. The molecule has 3 heterocycles. The Morgan fingerprint density at radius 3 is 2.67 bits per heavy atom. The average molecular weight is 562 g/mol. The molecule has 0 bridgehead atoms. The number of fused-ring (bicyclic) bond motifs is 3. The third-order valence-electron chi connectivity index (χ3n) is 6.35. The summed E-state index contributed by atoms with van der Waals surface area (Å²) in [6.07, 6.45) is 0.454. The minimum atomic E-state index is -0.388. The van der Waals surface area contributed by atoms with E-state index in [1.54, 1.807) is 11.3 Å². The number of hydrogen-bond donors (Lipinski definition) is 0. The number of ether oxygens (including phenoxy) is 3. The van der Waals surface area contributed by atoms with E-state index in [0.29, 0.717) is 24.7 Å². The molecule has 1 aromatic heterocycles. The van der Waals surface area contributed by atoms with E-state index in [1.807, 2.05) is 55.5 Å². The van der Waals surface area contributed by atoms with E-state index < -0.39 is 0 Å². The summed E-state index contributed by atoms with van der Waals surface area (Å²) in [6.45, 7) is 2.96. The molecule has 0 saturated heterocycles. The molecular formula is C29H25BrN2O3S. The predicted molar refractivity (Wildman–Crippen MR) is 146 cm³/mol. The summed E-state index contributed by atoms with van der Waals surface area (Å²) in [7, 11) is 0. The molecular weight excluding hydrogens is 536 g/mol. The Morgan fingerprint density at radius 2 is 1.86 bits per heavy atom. The average Bonchev–Trinajstić information content (AvgIpc) is 3.59. The number of halogens is 1. The SMILES string of the molecule is CCOc1cc([C@@H]2Oc3ccccc3[C@H]3CC(c4cccs4)=NN32)cc(Br)c1OCc1ccccc1. The van der Waals surface area contributed by atoms with Gasteiger partial charge in [-0.25, -0.2) is 5.01 Å².